The molecular formula is C12H7N2. The molecule has 0 bridgehead atoms. The van der Waals surface area contributed by atoms with Crippen molar-refractivity contribution in [3.05, 3.63) is 48.7 Å². The van der Waals surface area contributed by atoms with Gasteiger partial charge in [-0.2, -0.15) is 5.10 Å². The van der Waals surface area contributed by atoms with E-state index in [0.29, 0.717) is 0 Å². The van der Waals surface area contributed by atoms with Crippen LogP contribution in [0.1, 0.15) is 0 Å². The number of hydrogen-bond acceptors (Lipinski definition) is 2. The summed E-state index contributed by atoms with van der Waals surface area (Å²) in [6, 6.07) is 15.2. The molecule has 0 amide bonds. The number of fused-ring (bicyclic) bond motifs is 3. The predicted octanol–water partition coefficient (Wildman–Crippen LogP) is 2.58. The van der Waals surface area contributed by atoms with Crippen molar-refractivity contribution in [2.24, 2.45) is 0 Å². The zero-order valence-electron chi connectivity index (χ0n) is 7.44. The Morgan fingerprint density at radius 2 is 2.00 bits per heavy atom. The summed E-state index contributed by atoms with van der Waals surface area (Å²) in [5, 5.41) is 11.3. The van der Waals surface area contributed by atoms with Crippen LogP contribution in [0.15, 0.2) is 42.6 Å². The van der Waals surface area contributed by atoms with Crippen LogP contribution in [0.25, 0.3) is 21.7 Å². The number of rotatable bonds is 0. The molecule has 0 saturated carbocycles. The number of aromatic nitrogens is 2. The highest BCUT2D eigenvalue weighted by Crippen LogP contribution is 2.21. The van der Waals surface area contributed by atoms with Gasteiger partial charge in [-0.05, 0) is 23.6 Å². The van der Waals surface area contributed by atoms with E-state index in [9.17, 15) is 0 Å². The van der Waals surface area contributed by atoms with Crippen LogP contribution in [0.4, 0.5) is 0 Å². The van der Waals surface area contributed by atoms with Crippen molar-refractivity contribution in [1.29, 1.82) is 0 Å². The van der Waals surface area contributed by atoms with Crippen LogP contribution in [0, 0.1) is 6.07 Å². The second-order valence-electron chi connectivity index (χ2n) is 3.17. The van der Waals surface area contributed by atoms with E-state index in [-0.39, 0.29) is 0 Å². The smallest absolute Gasteiger partial charge is 0.101 e. The van der Waals surface area contributed by atoms with Crippen LogP contribution in [-0.4, -0.2) is 10.2 Å². The molecule has 1 aromatic heterocycles. The summed E-state index contributed by atoms with van der Waals surface area (Å²) in [4.78, 5) is 0. The summed E-state index contributed by atoms with van der Waals surface area (Å²) in [7, 11) is 0. The molecule has 0 saturated heterocycles. The molecule has 0 aliphatic heterocycles. The van der Waals surface area contributed by atoms with Crippen LogP contribution in [0.5, 0.6) is 0 Å². The monoisotopic (exact) mass is 179 g/mol. The van der Waals surface area contributed by atoms with E-state index in [0.717, 1.165) is 21.7 Å². The van der Waals surface area contributed by atoms with Crippen LogP contribution < -0.4 is 0 Å². The fourth-order valence-electron chi connectivity index (χ4n) is 1.64. The highest BCUT2D eigenvalue weighted by molar-refractivity contribution is 6.04. The van der Waals surface area contributed by atoms with Gasteiger partial charge in [0.15, 0.2) is 0 Å². The molecule has 65 valence electrons. The van der Waals surface area contributed by atoms with E-state index >= 15 is 0 Å². The molecule has 0 aliphatic carbocycles. The van der Waals surface area contributed by atoms with Gasteiger partial charge in [0.2, 0.25) is 0 Å². The van der Waals surface area contributed by atoms with Crippen molar-refractivity contribution in [2.75, 3.05) is 0 Å². The first-order valence-corrected chi connectivity index (χ1v) is 4.46. The lowest BCUT2D eigenvalue weighted by atomic mass is 10.1. The van der Waals surface area contributed by atoms with Crippen molar-refractivity contribution in [3.63, 3.8) is 0 Å². The maximum atomic E-state index is 4.14. The number of benzene rings is 2. The minimum Gasteiger partial charge on any atom is -0.158 e. The molecule has 0 atom stereocenters. The maximum Gasteiger partial charge on any atom is 0.101 e. The van der Waals surface area contributed by atoms with Crippen molar-refractivity contribution in [2.45, 2.75) is 0 Å². The molecule has 1 heterocycles. The summed E-state index contributed by atoms with van der Waals surface area (Å²) in [6.45, 7) is 0. The quantitative estimate of drug-likeness (QED) is 0.496. The second kappa shape index (κ2) is 2.77. The zero-order chi connectivity index (χ0) is 9.38. The highest BCUT2D eigenvalue weighted by atomic mass is 15.1. The van der Waals surface area contributed by atoms with Crippen molar-refractivity contribution in [3.8, 4) is 0 Å². The molecule has 2 nitrogen and oxygen atoms in total. The molecule has 0 N–H and O–H groups in total. The molecule has 0 fully saturated rings. The topological polar surface area (TPSA) is 25.8 Å². The first kappa shape index (κ1) is 7.44. The first-order valence-electron chi connectivity index (χ1n) is 4.46. The summed E-state index contributed by atoms with van der Waals surface area (Å²) < 4.78 is 0. The third kappa shape index (κ3) is 0.973. The molecule has 0 spiro atoms. The molecule has 2 aromatic carbocycles. The number of hydrogen-bond donors (Lipinski definition) is 0. The Balaban J connectivity index is 2.61. The van der Waals surface area contributed by atoms with E-state index in [2.05, 4.69) is 16.3 Å². The van der Waals surface area contributed by atoms with Crippen molar-refractivity contribution < 1.29 is 0 Å². The molecule has 2 heteroatoms. The van der Waals surface area contributed by atoms with Crippen LogP contribution in [-0.2, 0) is 0 Å². The van der Waals surface area contributed by atoms with Gasteiger partial charge in [-0.3, -0.25) is 0 Å². The Bertz CT molecular complexity index is 547. The fraction of sp³-hybridized carbons (Fsp3) is 0. The average Bonchev–Trinajstić information content (AvgIpc) is 2.29. The highest BCUT2D eigenvalue weighted by Gasteiger charge is 1.99. The third-order valence-corrected chi connectivity index (χ3v) is 2.32. The van der Waals surface area contributed by atoms with E-state index in [1.807, 2.05) is 36.4 Å². The Morgan fingerprint density at radius 1 is 1.07 bits per heavy atom. The van der Waals surface area contributed by atoms with Crippen molar-refractivity contribution >= 4 is 21.7 Å². The molecule has 14 heavy (non-hydrogen) atoms. The van der Waals surface area contributed by atoms with Crippen LogP contribution in [0.3, 0.4) is 0 Å². The predicted molar refractivity (Wildman–Crippen MR) is 55.9 cm³/mol. The van der Waals surface area contributed by atoms with Gasteiger partial charge in [-0.15, -0.1) is 5.10 Å². The van der Waals surface area contributed by atoms with Crippen molar-refractivity contribution in [1.82, 2.24) is 10.2 Å². The Morgan fingerprint density at radius 3 is 3.00 bits per heavy atom. The molecule has 3 rings (SSSR count). The lowest BCUT2D eigenvalue weighted by Gasteiger charge is -1.99. The molecule has 3 aromatic rings. The summed E-state index contributed by atoms with van der Waals surface area (Å²) in [5.41, 5.74) is 0.946. The molecule has 0 unspecified atom stereocenters. The van der Waals surface area contributed by atoms with Gasteiger partial charge in [-0.1, -0.05) is 24.3 Å². The van der Waals surface area contributed by atoms with Gasteiger partial charge in [0.05, 0.1) is 6.20 Å². The lowest BCUT2D eigenvalue weighted by Crippen LogP contribution is -1.83. The average molecular weight is 179 g/mol. The van der Waals surface area contributed by atoms with E-state index in [1.165, 1.54) is 0 Å². The van der Waals surface area contributed by atoms with Gasteiger partial charge >= 0.3 is 0 Å². The SMILES string of the molecule is [c]1cc2ccnnc2c2ccccc12. The maximum absolute atomic E-state index is 4.14. The van der Waals surface area contributed by atoms with Gasteiger partial charge in [0, 0.05) is 10.8 Å². The van der Waals surface area contributed by atoms with Gasteiger partial charge in [-0.25, -0.2) is 0 Å². The lowest BCUT2D eigenvalue weighted by molar-refractivity contribution is 1.08. The van der Waals surface area contributed by atoms with Gasteiger partial charge < -0.3 is 0 Å². The standard InChI is InChI=1S/C12H7N2/c1-2-4-11-9(3-1)5-6-10-7-8-13-14-12(10)11/h1-4,6-8H. The Labute approximate surface area is 81.2 Å². The largest absolute Gasteiger partial charge is 0.158 e. The Hall–Kier alpha value is -1.96. The van der Waals surface area contributed by atoms with Gasteiger partial charge in [0.25, 0.3) is 0 Å². The van der Waals surface area contributed by atoms with Crippen LogP contribution >= 0.6 is 0 Å². The first-order chi connectivity index (χ1) is 6.95. The minimum absolute atomic E-state index is 0.946. The zero-order valence-corrected chi connectivity index (χ0v) is 7.44. The van der Waals surface area contributed by atoms with E-state index < -0.39 is 0 Å². The molecular weight excluding hydrogens is 172 g/mol. The summed E-state index contributed by atoms with van der Waals surface area (Å²) in [6.07, 6.45) is 1.70. The summed E-state index contributed by atoms with van der Waals surface area (Å²) in [5.74, 6) is 0. The minimum atomic E-state index is 0.946. The second-order valence-corrected chi connectivity index (χ2v) is 3.17. The normalized spacial score (nSPS) is 10.9. The van der Waals surface area contributed by atoms with E-state index in [4.69, 9.17) is 0 Å². The number of nitrogens with zero attached hydrogens (tertiary/aromatic N) is 2. The molecule has 1 radical (unpaired) electrons. The fourth-order valence-corrected chi connectivity index (χ4v) is 1.64. The Kier molecular flexibility index (Phi) is 1.47. The summed E-state index contributed by atoms with van der Waals surface area (Å²) >= 11 is 0. The van der Waals surface area contributed by atoms with Crippen LogP contribution in [0.2, 0.25) is 0 Å². The van der Waals surface area contributed by atoms with E-state index in [1.54, 1.807) is 6.20 Å². The third-order valence-electron chi connectivity index (χ3n) is 2.32. The molecule has 0 aliphatic rings. The van der Waals surface area contributed by atoms with Gasteiger partial charge in [0.1, 0.15) is 5.52 Å².